The van der Waals surface area contributed by atoms with Crippen LogP contribution in [0, 0.1) is 52.3 Å². The van der Waals surface area contributed by atoms with E-state index in [1.165, 1.54) is 4.90 Å². The van der Waals surface area contributed by atoms with E-state index in [4.69, 9.17) is 22.9 Å². The second-order valence-corrected chi connectivity index (χ2v) is 31.3. The average Bonchev–Trinajstić information content (AvgIpc) is 0.661. The van der Waals surface area contributed by atoms with Crippen molar-refractivity contribution < 1.29 is 75.5 Å². The lowest BCUT2D eigenvalue weighted by molar-refractivity contribution is -0.366. The van der Waals surface area contributed by atoms with Gasteiger partial charge in [-0.25, -0.2) is 0 Å². The number of carbonyl (C=O) groups excluding carboxylic acids is 13. The van der Waals surface area contributed by atoms with E-state index in [1.54, 1.807) is 55.4 Å². The molecule has 0 unspecified atom stereocenters. The first-order valence-electron chi connectivity index (χ1n) is 37.3. The summed E-state index contributed by atoms with van der Waals surface area (Å²) in [6.45, 7) is 23.3. The van der Waals surface area contributed by atoms with Gasteiger partial charge in [-0.2, -0.15) is 13.2 Å². The summed E-state index contributed by atoms with van der Waals surface area (Å²) in [5, 5.41) is 29.0. The Balaban J connectivity index is 1.49. The number of likely N-dealkylation sites (tertiary alicyclic amines) is 1. The summed E-state index contributed by atoms with van der Waals surface area (Å²) >= 11 is 0. The number of primary amides is 1. The van der Waals surface area contributed by atoms with Crippen LogP contribution >= 0.6 is 0 Å². The highest BCUT2D eigenvalue weighted by molar-refractivity contribution is 5.99. The molecule has 33 heteroatoms. The predicted octanol–water partition coefficient (Wildman–Crippen LogP) is 1.35. The Hall–Kier alpha value is -8.65. The molecule has 3 saturated carbocycles. The minimum atomic E-state index is -4.63. The molecular weight excluding hydrogens is 1380 g/mol. The zero-order valence-corrected chi connectivity index (χ0v) is 64.2. The summed E-state index contributed by atoms with van der Waals surface area (Å²) in [7, 11) is 0. The molecule has 106 heavy (non-hydrogen) atoms. The van der Waals surface area contributed by atoms with Crippen LogP contribution in [-0.4, -0.2) is 186 Å². The maximum Gasteiger partial charge on any atom is 0.394 e. The minimum absolute atomic E-state index is 0.00485. The highest BCUT2D eigenvalue weighted by atomic mass is 19.4. The van der Waals surface area contributed by atoms with Gasteiger partial charge in [0.2, 0.25) is 76.8 Å². The summed E-state index contributed by atoms with van der Waals surface area (Å²) in [5.74, 6) is -12.7. The molecule has 19 N–H and O–H groups in total. The number of nitrogens with one attached hydrogen (secondary N) is 11. The SMILES string of the molecule is CC[C@H](C)[C@H](NC(=O)CNC(=O)[C@@H](NC(=O)[C@H](CC(C)C)NC(=O)[C@@H](NC(=O)[C@H](CCCN=C(N)N)NC(=O)CNC(=O)[C@@H](NC(=O)[C@H](CC(C)C)NC(=O)[C@@H]1CCCN1C(=O)[C@H](CC(C)C)NC(=O)[C@@H](N)Cc1ccccc1)[C@@H](C)CC)C(C)C)C12CC(C(F)(F)F)(C1)C2)C(=O)N[C@@H](CC(C)C)C(N)=O. The molecule has 30 nitrogen and oxygen atoms in total. The lowest BCUT2D eigenvalue weighted by Gasteiger charge is -2.72. The Morgan fingerprint density at radius 3 is 1.52 bits per heavy atom. The van der Waals surface area contributed by atoms with Gasteiger partial charge in [-0.15, -0.1) is 0 Å². The number of benzene rings is 1. The molecule has 4 fully saturated rings. The molecule has 0 spiro atoms. The van der Waals surface area contributed by atoms with Crippen molar-refractivity contribution in [3.8, 4) is 0 Å². The van der Waals surface area contributed by atoms with Crippen LogP contribution in [0.5, 0.6) is 0 Å². The van der Waals surface area contributed by atoms with Crippen LogP contribution < -0.4 is 81.4 Å². The topological polar surface area (TPSA) is 474 Å². The fourth-order valence-electron chi connectivity index (χ4n) is 13.8. The van der Waals surface area contributed by atoms with Crippen molar-refractivity contribution in [1.29, 1.82) is 0 Å². The van der Waals surface area contributed by atoms with E-state index < -0.39 is 210 Å². The summed E-state index contributed by atoms with van der Waals surface area (Å²) in [5.41, 5.74) is 20.3. The van der Waals surface area contributed by atoms with Gasteiger partial charge < -0.3 is 86.3 Å². The number of hydrogen-bond acceptors (Lipinski definition) is 15. The van der Waals surface area contributed by atoms with Crippen molar-refractivity contribution in [3.63, 3.8) is 0 Å². The number of guanidine groups is 1. The Bertz CT molecular complexity index is 3220. The van der Waals surface area contributed by atoms with Crippen molar-refractivity contribution in [2.24, 2.45) is 80.2 Å². The van der Waals surface area contributed by atoms with E-state index in [0.29, 0.717) is 19.3 Å². The third-order valence-corrected chi connectivity index (χ3v) is 20.0. The normalized spacial score (nSPS) is 20.2. The van der Waals surface area contributed by atoms with Crippen molar-refractivity contribution in [1.82, 2.24) is 63.4 Å². The first-order valence-corrected chi connectivity index (χ1v) is 37.3. The van der Waals surface area contributed by atoms with E-state index in [1.807, 2.05) is 71.9 Å². The number of hydrogen-bond donors (Lipinski definition) is 15. The summed E-state index contributed by atoms with van der Waals surface area (Å²) in [6, 6.07) is -4.41. The average molecular weight is 1500 g/mol. The lowest BCUT2D eigenvalue weighted by Crippen LogP contribution is -2.77. The molecule has 3 aliphatic carbocycles. The third kappa shape index (κ3) is 26.4. The van der Waals surface area contributed by atoms with Gasteiger partial charge in [-0.1, -0.05) is 140 Å². The largest absolute Gasteiger partial charge is 0.394 e. The van der Waals surface area contributed by atoms with Crippen LogP contribution in [0.15, 0.2) is 35.3 Å². The van der Waals surface area contributed by atoms with Crippen LogP contribution in [0.3, 0.4) is 0 Å². The minimum Gasteiger partial charge on any atom is -0.370 e. The monoisotopic (exact) mass is 1500 g/mol. The molecule has 1 aromatic rings. The van der Waals surface area contributed by atoms with Crippen LogP contribution in [0.4, 0.5) is 13.2 Å². The smallest absolute Gasteiger partial charge is 0.370 e. The standard InChI is InChI=1S/C73H120F3N17O13/c1-15-43(13)56(91-62(99)49(29-39(5)6)86-64(101)52-25-21-27-93(52)69(106)51(31-41(9)10)88-60(97)46(77)32-45-22-18-17-19-23-45)65(102)82-33-53(94)84-47(24-20-26-81-70(79)80)61(98)90-55(42(11)12)66(103)87-50(30-40(7)8)63(100)92-58(71-35-72(36-71,37-71)73(74,75)76)68(105)83-34-54(95)89-57(44(14)16-2)67(104)85-48(59(78)96)28-38(3)4/h17-19,22-23,38-44,46-52,55-58H,15-16,20-21,24-37,77H2,1-14H3,(H2,78,96)(H,82,102)(H,83,105)(H,84,94)(H,85,104)(H,86,101)(H,87,103)(H,88,97)(H,89,95)(H,90,98)(H,91,99)(H,92,100)(H4,79,80,81)/t43-,44-,46-,47-,48-,49-,50-,51-,52-,55-,56-,57-,58+,71?,72?/m0/s1. The fourth-order valence-corrected chi connectivity index (χ4v) is 13.8. The zero-order chi connectivity index (χ0) is 79.9. The summed E-state index contributed by atoms with van der Waals surface area (Å²) < 4.78 is 43.0. The maximum absolute atomic E-state index is 14.5. The van der Waals surface area contributed by atoms with Gasteiger partial charge in [0.15, 0.2) is 5.96 Å². The molecule has 4 aliphatic rings. The van der Waals surface area contributed by atoms with Crippen molar-refractivity contribution in [3.05, 3.63) is 35.9 Å². The van der Waals surface area contributed by atoms with Gasteiger partial charge in [0, 0.05) is 18.5 Å². The number of aliphatic imine (C=N–C) groups is 1. The predicted molar refractivity (Wildman–Crippen MR) is 392 cm³/mol. The van der Waals surface area contributed by atoms with Gasteiger partial charge in [0.05, 0.1) is 24.5 Å². The van der Waals surface area contributed by atoms with Gasteiger partial charge in [0.1, 0.15) is 60.4 Å². The lowest BCUT2D eigenvalue weighted by atomic mass is 9.32. The highest BCUT2D eigenvalue weighted by Gasteiger charge is 2.81. The first kappa shape index (κ1) is 89.7. The number of nitrogens with two attached hydrogens (primary N) is 4. The van der Waals surface area contributed by atoms with E-state index >= 15 is 0 Å². The number of amides is 13. The molecule has 0 radical (unpaired) electrons. The van der Waals surface area contributed by atoms with Crippen LogP contribution in [0.1, 0.15) is 186 Å². The molecule has 1 saturated heterocycles. The van der Waals surface area contributed by atoms with E-state index in [0.717, 1.165) is 5.56 Å². The Morgan fingerprint density at radius 1 is 0.538 bits per heavy atom. The highest BCUT2D eigenvalue weighted by Crippen LogP contribution is 2.79. The number of halogens is 3. The maximum atomic E-state index is 14.5. The van der Waals surface area contributed by atoms with Crippen molar-refractivity contribution in [2.45, 2.75) is 259 Å². The molecular formula is C73H120F3N17O13. The Kier molecular flexibility index (Phi) is 34.6. The number of carbonyl (C=O) groups is 13. The van der Waals surface area contributed by atoms with Gasteiger partial charge in [0.25, 0.3) is 0 Å². The molecule has 1 aliphatic heterocycles. The Labute approximate surface area is 621 Å². The molecule has 1 aromatic carbocycles. The fraction of sp³-hybridized carbons (Fsp3) is 0.726. The quantitative estimate of drug-likeness (QED) is 0.0249. The molecule has 0 aromatic heterocycles. The van der Waals surface area contributed by atoms with Gasteiger partial charge in [-0.3, -0.25) is 67.3 Å². The van der Waals surface area contributed by atoms with Gasteiger partial charge >= 0.3 is 6.18 Å². The van der Waals surface area contributed by atoms with Crippen LogP contribution in [0.25, 0.3) is 0 Å². The Morgan fingerprint density at radius 2 is 1.00 bits per heavy atom. The first-order chi connectivity index (χ1) is 49.5. The van der Waals surface area contributed by atoms with E-state index in [9.17, 15) is 75.5 Å². The van der Waals surface area contributed by atoms with Gasteiger partial charge in [-0.05, 0) is 124 Å². The molecule has 1 heterocycles. The summed E-state index contributed by atoms with van der Waals surface area (Å²) in [6.07, 6.45) is -3.98. The van der Waals surface area contributed by atoms with Crippen molar-refractivity contribution >= 4 is 82.8 Å². The number of rotatable bonds is 44. The molecule has 2 bridgehead atoms. The molecule has 13 amide bonds. The summed E-state index contributed by atoms with van der Waals surface area (Å²) in [4.78, 5) is 187. The van der Waals surface area contributed by atoms with Crippen molar-refractivity contribution in [2.75, 3.05) is 26.2 Å². The number of nitrogens with zero attached hydrogens (tertiary/aromatic N) is 2. The zero-order valence-electron chi connectivity index (χ0n) is 64.2. The third-order valence-electron chi connectivity index (χ3n) is 20.0. The van der Waals surface area contributed by atoms with Crippen LogP contribution in [-0.2, 0) is 68.7 Å². The molecule has 13 atom stereocenters. The van der Waals surface area contributed by atoms with E-state index in [2.05, 4.69) is 63.5 Å². The van der Waals surface area contributed by atoms with E-state index in [-0.39, 0.29) is 94.1 Å². The second-order valence-electron chi connectivity index (χ2n) is 31.3. The molecule has 5 rings (SSSR count). The second kappa shape index (κ2) is 40.9. The molecule has 596 valence electrons. The van der Waals surface area contributed by atoms with Crippen LogP contribution in [0.2, 0.25) is 0 Å². The number of alkyl halides is 3.